The Morgan fingerprint density at radius 2 is 1.72 bits per heavy atom. The number of hydrogen-bond donors (Lipinski definition) is 0. The molecule has 0 saturated carbocycles. The molecule has 1 saturated heterocycles. The van der Waals surface area contributed by atoms with Gasteiger partial charge in [0.05, 0.1) is 16.4 Å². The standard InChI is InChI=1S/C23H18ClN3O4S/c1-14-11-17(15(2)26(14)19-7-9-20(10-8-19)27(30)31)12-21-22(28)25(23(29)32-21)13-16-3-5-18(24)6-4-16/h3-12H,13H2,1-2H3. The van der Waals surface area contributed by atoms with Crippen molar-refractivity contribution in [2.24, 2.45) is 0 Å². The van der Waals surface area contributed by atoms with Gasteiger partial charge in [-0.25, -0.2) is 0 Å². The molecule has 0 bridgehead atoms. The Hall–Kier alpha value is -3.36. The molecule has 0 aliphatic carbocycles. The van der Waals surface area contributed by atoms with Gasteiger partial charge in [0.15, 0.2) is 0 Å². The molecule has 0 unspecified atom stereocenters. The molecule has 0 spiro atoms. The SMILES string of the molecule is Cc1cc(C=C2SC(=O)N(Cc3ccc(Cl)cc3)C2=O)c(C)n1-c1ccc([N+](=O)[O-])cc1. The van der Waals surface area contributed by atoms with Crippen LogP contribution in [0.15, 0.2) is 59.5 Å². The van der Waals surface area contributed by atoms with Crippen molar-refractivity contribution in [1.29, 1.82) is 0 Å². The summed E-state index contributed by atoms with van der Waals surface area (Å²) in [5.41, 5.74) is 4.18. The molecule has 2 aromatic carbocycles. The maximum Gasteiger partial charge on any atom is 0.293 e. The number of nitrogens with zero attached hydrogens (tertiary/aromatic N) is 3. The van der Waals surface area contributed by atoms with Crippen molar-refractivity contribution < 1.29 is 14.5 Å². The van der Waals surface area contributed by atoms with Crippen molar-refractivity contribution in [3.63, 3.8) is 0 Å². The zero-order chi connectivity index (χ0) is 23.0. The van der Waals surface area contributed by atoms with Gasteiger partial charge in [0, 0.05) is 34.2 Å². The Morgan fingerprint density at radius 1 is 1.06 bits per heavy atom. The number of carbonyl (C=O) groups excluding carboxylic acids is 2. The van der Waals surface area contributed by atoms with Crippen molar-refractivity contribution in [3.8, 4) is 5.69 Å². The van der Waals surface area contributed by atoms with E-state index in [4.69, 9.17) is 11.6 Å². The van der Waals surface area contributed by atoms with E-state index in [1.54, 1.807) is 42.5 Å². The fourth-order valence-electron chi connectivity index (χ4n) is 3.60. The number of nitro benzene ring substituents is 1. The third-order valence-electron chi connectivity index (χ3n) is 5.20. The normalized spacial score (nSPS) is 15.1. The summed E-state index contributed by atoms with van der Waals surface area (Å²) in [5.74, 6) is -0.338. The molecule has 1 aromatic heterocycles. The first-order valence-electron chi connectivity index (χ1n) is 9.68. The smallest absolute Gasteiger partial charge is 0.293 e. The van der Waals surface area contributed by atoms with E-state index in [0.29, 0.717) is 9.93 Å². The van der Waals surface area contributed by atoms with E-state index in [9.17, 15) is 19.7 Å². The number of thioether (sulfide) groups is 1. The van der Waals surface area contributed by atoms with Gasteiger partial charge in [-0.2, -0.15) is 0 Å². The molecule has 1 aliphatic heterocycles. The van der Waals surface area contributed by atoms with Gasteiger partial charge in [-0.3, -0.25) is 24.6 Å². The predicted molar refractivity (Wildman–Crippen MR) is 125 cm³/mol. The number of aromatic nitrogens is 1. The molecular formula is C23H18ClN3O4S. The highest BCUT2D eigenvalue weighted by molar-refractivity contribution is 8.18. The van der Waals surface area contributed by atoms with Crippen molar-refractivity contribution in [1.82, 2.24) is 9.47 Å². The topological polar surface area (TPSA) is 85.5 Å². The van der Waals surface area contributed by atoms with E-state index in [1.165, 1.54) is 17.0 Å². The molecular weight excluding hydrogens is 450 g/mol. The van der Waals surface area contributed by atoms with Crippen LogP contribution in [0.3, 0.4) is 0 Å². The summed E-state index contributed by atoms with van der Waals surface area (Å²) in [5, 5.41) is 11.2. The van der Waals surface area contributed by atoms with Crippen LogP contribution >= 0.6 is 23.4 Å². The monoisotopic (exact) mass is 467 g/mol. The largest absolute Gasteiger partial charge is 0.318 e. The molecule has 162 valence electrons. The van der Waals surface area contributed by atoms with Crippen molar-refractivity contribution in [2.45, 2.75) is 20.4 Å². The van der Waals surface area contributed by atoms with Gasteiger partial charge in [-0.15, -0.1) is 0 Å². The van der Waals surface area contributed by atoms with E-state index >= 15 is 0 Å². The highest BCUT2D eigenvalue weighted by atomic mass is 35.5. The number of nitro groups is 1. The number of halogens is 1. The Bertz CT molecular complexity index is 1260. The average Bonchev–Trinajstić information content (AvgIpc) is 3.19. The first-order valence-corrected chi connectivity index (χ1v) is 10.9. The van der Waals surface area contributed by atoms with Crippen LogP contribution < -0.4 is 0 Å². The first kappa shape index (κ1) is 21.9. The Morgan fingerprint density at radius 3 is 2.34 bits per heavy atom. The molecule has 1 fully saturated rings. The minimum absolute atomic E-state index is 0.0193. The van der Waals surface area contributed by atoms with Crippen molar-refractivity contribution >= 4 is 46.3 Å². The maximum atomic E-state index is 12.9. The van der Waals surface area contributed by atoms with Gasteiger partial charge < -0.3 is 4.57 Å². The summed E-state index contributed by atoms with van der Waals surface area (Å²) in [6, 6.07) is 15.2. The lowest BCUT2D eigenvalue weighted by atomic mass is 10.2. The minimum atomic E-state index is -0.440. The van der Waals surface area contributed by atoms with Crippen LogP contribution in [0, 0.1) is 24.0 Å². The lowest BCUT2D eigenvalue weighted by Gasteiger charge is -2.12. The molecule has 32 heavy (non-hydrogen) atoms. The molecule has 1 aliphatic rings. The van der Waals surface area contributed by atoms with Gasteiger partial charge in [0.25, 0.3) is 16.8 Å². The lowest BCUT2D eigenvalue weighted by Crippen LogP contribution is -2.27. The van der Waals surface area contributed by atoms with E-state index in [2.05, 4.69) is 0 Å². The third kappa shape index (κ3) is 4.19. The maximum absolute atomic E-state index is 12.9. The summed E-state index contributed by atoms with van der Waals surface area (Å²) in [4.78, 5) is 37.4. The molecule has 4 rings (SSSR count). The van der Waals surface area contributed by atoms with Crippen LogP contribution in [-0.2, 0) is 11.3 Å². The number of benzene rings is 2. The van der Waals surface area contributed by atoms with Crippen LogP contribution in [0.4, 0.5) is 10.5 Å². The zero-order valence-electron chi connectivity index (χ0n) is 17.2. The molecule has 0 atom stereocenters. The quantitative estimate of drug-likeness (QED) is 0.265. The Kier molecular flexibility index (Phi) is 5.90. The Labute approximate surface area is 193 Å². The van der Waals surface area contributed by atoms with E-state index in [-0.39, 0.29) is 23.4 Å². The lowest BCUT2D eigenvalue weighted by molar-refractivity contribution is -0.384. The van der Waals surface area contributed by atoms with Gasteiger partial charge in [-0.05, 0) is 73.1 Å². The van der Waals surface area contributed by atoms with Gasteiger partial charge in [0.2, 0.25) is 0 Å². The fourth-order valence-corrected chi connectivity index (χ4v) is 4.56. The molecule has 0 radical (unpaired) electrons. The number of non-ortho nitro benzene ring substituents is 1. The van der Waals surface area contributed by atoms with Crippen LogP contribution in [0.1, 0.15) is 22.5 Å². The number of amides is 2. The van der Waals surface area contributed by atoms with Crippen LogP contribution in [0.25, 0.3) is 11.8 Å². The number of carbonyl (C=O) groups is 2. The number of aryl methyl sites for hydroxylation is 1. The highest BCUT2D eigenvalue weighted by Gasteiger charge is 2.35. The van der Waals surface area contributed by atoms with Crippen molar-refractivity contribution in [3.05, 3.63) is 97.2 Å². The fraction of sp³-hybridized carbons (Fsp3) is 0.130. The number of imide groups is 1. The van der Waals surface area contributed by atoms with Crippen LogP contribution in [-0.4, -0.2) is 25.5 Å². The van der Waals surface area contributed by atoms with Gasteiger partial charge in [-0.1, -0.05) is 23.7 Å². The summed E-state index contributed by atoms with van der Waals surface area (Å²) in [6.45, 7) is 4.00. The molecule has 0 N–H and O–H groups in total. The third-order valence-corrected chi connectivity index (χ3v) is 6.36. The highest BCUT2D eigenvalue weighted by Crippen LogP contribution is 2.35. The molecule has 2 heterocycles. The second kappa shape index (κ2) is 8.64. The van der Waals surface area contributed by atoms with E-state index in [1.807, 2.05) is 24.5 Å². The average molecular weight is 468 g/mol. The summed E-state index contributed by atoms with van der Waals surface area (Å²) in [7, 11) is 0. The minimum Gasteiger partial charge on any atom is -0.318 e. The van der Waals surface area contributed by atoms with Gasteiger partial charge >= 0.3 is 0 Å². The van der Waals surface area contributed by atoms with Gasteiger partial charge in [0.1, 0.15) is 0 Å². The second-order valence-corrected chi connectivity index (χ2v) is 8.76. The Balaban J connectivity index is 1.61. The summed E-state index contributed by atoms with van der Waals surface area (Å²) < 4.78 is 1.95. The predicted octanol–water partition coefficient (Wildman–Crippen LogP) is 5.89. The van der Waals surface area contributed by atoms with Crippen LogP contribution in [0.2, 0.25) is 5.02 Å². The molecule has 3 aromatic rings. The zero-order valence-corrected chi connectivity index (χ0v) is 18.8. The summed E-state index contributed by atoms with van der Waals surface area (Å²) in [6.07, 6.45) is 1.72. The first-order chi connectivity index (χ1) is 15.2. The van der Waals surface area contributed by atoms with Crippen LogP contribution in [0.5, 0.6) is 0 Å². The van der Waals surface area contributed by atoms with E-state index in [0.717, 1.165) is 40.0 Å². The second-order valence-electron chi connectivity index (χ2n) is 7.33. The van der Waals surface area contributed by atoms with E-state index < -0.39 is 4.92 Å². The summed E-state index contributed by atoms with van der Waals surface area (Å²) >= 11 is 6.81. The number of hydrogen-bond acceptors (Lipinski definition) is 5. The number of rotatable bonds is 5. The molecule has 7 nitrogen and oxygen atoms in total. The molecule has 9 heteroatoms. The van der Waals surface area contributed by atoms with Crippen molar-refractivity contribution in [2.75, 3.05) is 0 Å². The molecule has 2 amide bonds.